The minimum atomic E-state index is -0.364. The van der Waals surface area contributed by atoms with Crippen molar-refractivity contribution in [1.29, 1.82) is 0 Å². The van der Waals surface area contributed by atoms with Crippen LogP contribution in [-0.2, 0) is 10.2 Å². The molecule has 0 bridgehead atoms. The molecule has 0 atom stereocenters. The highest BCUT2D eigenvalue weighted by Crippen LogP contribution is 2.55. The van der Waals surface area contributed by atoms with Gasteiger partial charge in [0, 0.05) is 5.69 Å². The second-order valence-electron chi connectivity index (χ2n) is 3.73. The minimum absolute atomic E-state index is 0.0353. The molecule has 2 aliphatic rings. The first-order valence-electron chi connectivity index (χ1n) is 4.34. The topological polar surface area (TPSA) is 29.1 Å². The number of benzene rings is 1. The summed E-state index contributed by atoms with van der Waals surface area (Å²) in [5.74, 6) is -0.227. The molecule has 1 aliphatic heterocycles. The smallest absolute Gasteiger partial charge is 0.235 e. The third-order valence-electron chi connectivity index (χ3n) is 2.93. The first kappa shape index (κ1) is 7.06. The number of amides is 1. The number of anilines is 1. The number of fused-ring (bicyclic) bond motifs is 2. The van der Waals surface area contributed by atoms with Gasteiger partial charge in [-0.05, 0) is 36.6 Å². The van der Waals surface area contributed by atoms with Crippen LogP contribution in [0.3, 0.4) is 0 Å². The lowest BCUT2D eigenvalue weighted by Gasteiger charge is -2.02. The Hall–Kier alpha value is -1.38. The van der Waals surface area contributed by atoms with Crippen LogP contribution in [0.2, 0.25) is 0 Å². The summed E-state index contributed by atoms with van der Waals surface area (Å²) in [6.45, 7) is 0. The standard InChI is InChI=1S/C10H8FNO/c11-6-1-2-8-7(5-6)10(3-4-10)9(13)12-8/h1-2,5H,3-4H2,(H,12,13). The van der Waals surface area contributed by atoms with Crippen molar-refractivity contribution < 1.29 is 9.18 Å². The molecule has 1 heterocycles. The molecule has 1 aromatic rings. The highest BCUT2D eigenvalue weighted by Gasteiger charge is 2.56. The molecule has 0 radical (unpaired) electrons. The van der Waals surface area contributed by atoms with Gasteiger partial charge in [0.25, 0.3) is 0 Å². The molecule has 1 aliphatic carbocycles. The predicted molar refractivity (Wildman–Crippen MR) is 45.9 cm³/mol. The third kappa shape index (κ3) is 0.742. The Morgan fingerprint density at radius 1 is 1.38 bits per heavy atom. The van der Waals surface area contributed by atoms with E-state index in [1.165, 1.54) is 12.1 Å². The molecule has 1 amide bonds. The van der Waals surface area contributed by atoms with Gasteiger partial charge in [-0.3, -0.25) is 4.79 Å². The molecule has 1 spiro atoms. The molecule has 3 heteroatoms. The average Bonchev–Trinajstić information content (AvgIpc) is 2.83. The van der Waals surface area contributed by atoms with Crippen LogP contribution in [0.4, 0.5) is 10.1 Å². The third-order valence-corrected chi connectivity index (χ3v) is 2.93. The largest absolute Gasteiger partial charge is 0.325 e. The summed E-state index contributed by atoms with van der Waals surface area (Å²) >= 11 is 0. The fraction of sp³-hybridized carbons (Fsp3) is 0.300. The van der Waals surface area contributed by atoms with Gasteiger partial charge in [-0.25, -0.2) is 4.39 Å². The van der Waals surface area contributed by atoms with Crippen LogP contribution < -0.4 is 5.32 Å². The molecule has 13 heavy (non-hydrogen) atoms. The number of carbonyl (C=O) groups is 1. The van der Waals surface area contributed by atoms with Gasteiger partial charge in [0.05, 0.1) is 5.41 Å². The number of hydrogen-bond acceptors (Lipinski definition) is 1. The van der Waals surface area contributed by atoms with E-state index in [1.54, 1.807) is 6.07 Å². The summed E-state index contributed by atoms with van der Waals surface area (Å²) in [5, 5.41) is 2.77. The van der Waals surface area contributed by atoms with Crippen molar-refractivity contribution in [2.45, 2.75) is 18.3 Å². The first-order chi connectivity index (χ1) is 6.22. The van der Waals surface area contributed by atoms with Crippen molar-refractivity contribution in [2.24, 2.45) is 0 Å². The van der Waals surface area contributed by atoms with Crippen LogP contribution in [0.5, 0.6) is 0 Å². The first-order valence-corrected chi connectivity index (χ1v) is 4.34. The zero-order chi connectivity index (χ0) is 9.05. The predicted octanol–water partition coefficient (Wildman–Crippen LogP) is 1.81. The summed E-state index contributed by atoms with van der Waals surface area (Å²) < 4.78 is 12.9. The Morgan fingerprint density at radius 2 is 2.15 bits per heavy atom. The van der Waals surface area contributed by atoms with Crippen molar-refractivity contribution in [2.75, 3.05) is 5.32 Å². The fourth-order valence-electron chi connectivity index (χ4n) is 2.01. The van der Waals surface area contributed by atoms with Gasteiger partial charge >= 0.3 is 0 Å². The number of rotatable bonds is 0. The lowest BCUT2D eigenvalue weighted by Crippen LogP contribution is -2.18. The van der Waals surface area contributed by atoms with E-state index in [9.17, 15) is 9.18 Å². The van der Waals surface area contributed by atoms with Crippen LogP contribution in [0.1, 0.15) is 18.4 Å². The molecule has 0 aromatic heterocycles. The maximum atomic E-state index is 12.9. The number of hydrogen-bond donors (Lipinski definition) is 1. The molecule has 3 rings (SSSR count). The summed E-state index contributed by atoms with van der Waals surface area (Å²) in [6.07, 6.45) is 1.71. The zero-order valence-electron chi connectivity index (χ0n) is 6.93. The van der Waals surface area contributed by atoms with E-state index < -0.39 is 0 Å². The van der Waals surface area contributed by atoms with Crippen molar-refractivity contribution in [3.8, 4) is 0 Å². The van der Waals surface area contributed by atoms with E-state index in [0.29, 0.717) is 0 Å². The van der Waals surface area contributed by atoms with Gasteiger partial charge in [-0.15, -0.1) is 0 Å². The van der Waals surface area contributed by atoms with Crippen molar-refractivity contribution in [1.82, 2.24) is 0 Å². The molecule has 2 nitrogen and oxygen atoms in total. The average molecular weight is 177 g/mol. The van der Waals surface area contributed by atoms with Crippen LogP contribution in [0.15, 0.2) is 18.2 Å². The molecular weight excluding hydrogens is 169 g/mol. The van der Waals surface area contributed by atoms with Gasteiger partial charge in [0.1, 0.15) is 5.82 Å². The molecule has 0 saturated heterocycles. The maximum Gasteiger partial charge on any atom is 0.235 e. The minimum Gasteiger partial charge on any atom is -0.325 e. The Bertz CT molecular complexity index is 409. The molecule has 1 fully saturated rings. The number of halogens is 1. The molecule has 1 N–H and O–H groups in total. The summed E-state index contributed by atoms with van der Waals surface area (Å²) in [4.78, 5) is 11.5. The number of carbonyl (C=O) groups excluding carboxylic acids is 1. The molecule has 0 unspecified atom stereocenters. The lowest BCUT2D eigenvalue weighted by molar-refractivity contribution is -0.117. The highest BCUT2D eigenvalue weighted by molar-refractivity contribution is 6.08. The van der Waals surface area contributed by atoms with Gasteiger partial charge in [-0.1, -0.05) is 0 Å². The second-order valence-corrected chi connectivity index (χ2v) is 3.73. The summed E-state index contributed by atoms with van der Waals surface area (Å²) in [6, 6.07) is 4.48. The van der Waals surface area contributed by atoms with E-state index >= 15 is 0 Å². The SMILES string of the molecule is O=C1Nc2ccc(F)cc2C12CC2. The second kappa shape index (κ2) is 1.92. The van der Waals surface area contributed by atoms with Gasteiger partial charge < -0.3 is 5.32 Å². The van der Waals surface area contributed by atoms with Crippen LogP contribution in [0, 0.1) is 5.82 Å². The molecule has 1 saturated carbocycles. The normalized spacial score (nSPS) is 21.5. The van der Waals surface area contributed by atoms with Crippen LogP contribution in [0.25, 0.3) is 0 Å². The Labute approximate surface area is 74.8 Å². The Kier molecular flexibility index (Phi) is 1.04. The van der Waals surface area contributed by atoms with Crippen LogP contribution >= 0.6 is 0 Å². The Morgan fingerprint density at radius 3 is 2.85 bits per heavy atom. The van der Waals surface area contributed by atoms with E-state index in [4.69, 9.17) is 0 Å². The zero-order valence-corrected chi connectivity index (χ0v) is 6.93. The molecular formula is C10H8FNO. The van der Waals surface area contributed by atoms with E-state index in [0.717, 1.165) is 24.1 Å². The van der Waals surface area contributed by atoms with Crippen molar-refractivity contribution in [3.63, 3.8) is 0 Å². The highest BCUT2D eigenvalue weighted by atomic mass is 19.1. The lowest BCUT2D eigenvalue weighted by atomic mass is 9.98. The molecule has 66 valence electrons. The van der Waals surface area contributed by atoms with E-state index in [2.05, 4.69) is 5.32 Å². The maximum absolute atomic E-state index is 12.9. The van der Waals surface area contributed by atoms with Crippen LogP contribution in [-0.4, -0.2) is 5.91 Å². The van der Waals surface area contributed by atoms with E-state index in [1.807, 2.05) is 0 Å². The number of nitrogens with one attached hydrogen (secondary N) is 1. The van der Waals surface area contributed by atoms with Gasteiger partial charge in [0.15, 0.2) is 0 Å². The molecule has 1 aromatic carbocycles. The van der Waals surface area contributed by atoms with E-state index in [-0.39, 0.29) is 17.1 Å². The summed E-state index contributed by atoms with van der Waals surface area (Å²) in [5.41, 5.74) is 1.26. The van der Waals surface area contributed by atoms with Gasteiger partial charge in [-0.2, -0.15) is 0 Å². The fourth-order valence-corrected chi connectivity index (χ4v) is 2.01. The quantitative estimate of drug-likeness (QED) is 0.643. The van der Waals surface area contributed by atoms with Gasteiger partial charge in [0.2, 0.25) is 5.91 Å². The Balaban J connectivity index is 2.24. The summed E-state index contributed by atoms with van der Waals surface area (Å²) in [7, 11) is 0. The van der Waals surface area contributed by atoms with Crippen molar-refractivity contribution >= 4 is 11.6 Å². The monoisotopic (exact) mass is 177 g/mol. The van der Waals surface area contributed by atoms with Crippen molar-refractivity contribution in [3.05, 3.63) is 29.6 Å².